The Balaban J connectivity index is 2.27. The average molecular weight is 289 g/mol. The number of hydrogen-bond donors (Lipinski definition) is 1. The average Bonchev–Trinajstić information content (AvgIpc) is 2.80. The third kappa shape index (κ3) is 4.97. The van der Waals surface area contributed by atoms with Gasteiger partial charge in [0.2, 0.25) is 0 Å². The minimum atomic E-state index is -0.561. The SMILES string of the molecule is CCOC(=O)C(C)(CCCSC1CCOC1C)NC. The topological polar surface area (TPSA) is 47.6 Å². The fourth-order valence-electron chi connectivity index (χ4n) is 2.21. The third-order valence-electron chi connectivity index (χ3n) is 3.74. The van der Waals surface area contributed by atoms with Crippen LogP contribution in [0.1, 0.15) is 40.0 Å². The Morgan fingerprint density at radius 1 is 1.58 bits per heavy atom. The first-order chi connectivity index (χ1) is 9.03. The lowest BCUT2D eigenvalue weighted by Gasteiger charge is -2.26. The van der Waals surface area contributed by atoms with Crippen LogP contribution in [-0.4, -0.2) is 48.9 Å². The van der Waals surface area contributed by atoms with Crippen molar-refractivity contribution in [1.29, 1.82) is 0 Å². The maximum absolute atomic E-state index is 11.9. The van der Waals surface area contributed by atoms with Crippen molar-refractivity contribution < 1.29 is 14.3 Å². The number of esters is 1. The summed E-state index contributed by atoms with van der Waals surface area (Å²) >= 11 is 1.96. The Morgan fingerprint density at radius 3 is 2.84 bits per heavy atom. The summed E-state index contributed by atoms with van der Waals surface area (Å²) in [7, 11) is 1.82. The fraction of sp³-hybridized carbons (Fsp3) is 0.929. The van der Waals surface area contributed by atoms with Crippen LogP contribution in [0.25, 0.3) is 0 Å². The second-order valence-electron chi connectivity index (χ2n) is 5.18. The summed E-state index contributed by atoms with van der Waals surface area (Å²) in [5, 5.41) is 3.71. The number of hydrogen-bond acceptors (Lipinski definition) is 5. The first kappa shape index (κ1) is 16.8. The summed E-state index contributed by atoms with van der Waals surface area (Å²) in [6.07, 6.45) is 3.32. The first-order valence-electron chi connectivity index (χ1n) is 7.13. The van der Waals surface area contributed by atoms with Gasteiger partial charge < -0.3 is 14.8 Å². The van der Waals surface area contributed by atoms with Gasteiger partial charge in [-0.15, -0.1) is 0 Å². The standard InChI is InChI=1S/C14H27NO3S/c1-5-17-13(16)14(3,15-4)8-6-10-19-12-7-9-18-11(12)2/h11-12,15H,5-10H2,1-4H3. The van der Waals surface area contributed by atoms with Crippen LogP contribution in [0, 0.1) is 0 Å². The minimum Gasteiger partial charge on any atom is -0.465 e. The van der Waals surface area contributed by atoms with E-state index in [1.807, 2.05) is 32.7 Å². The zero-order valence-corrected chi connectivity index (χ0v) is 13.3. The molecular weight excluding hydrogens is 262 g/mol. The highest BCUT2D eigenvalue weighted by Gasteiger charge is 2.32. The Bertz CT molecular complexity index is 288. The van der Waals surface area contributed by atoms with E-state index >= 15 is 0 Å². The molecular formula is C14H27NO3S. The number of carbonyl (C=O) groups is 1. The molecule has 1 N–H and O–H groups in total. The molecule has 0 aromatic carbocycles. The van der Waals surface area contributed by atoms with Gasteiger partial charge in [-0.3, -0.25) is 4.79 Å². The molecule has 1 aliphatic rings. The van der Waals surface area contributed by atoms with E-state index in [0.717, 1.165) is 31.6 Å². The van der Waals surface area contributed by atoms with Crippen LogP contribution < -0.4 is 5.32 Å². The van der Waals surface area contributed by atoms with Crippen molar-refractivity contribution >= 4 is 17.7 Å². The fourth-order valence-corrected chi connectivity index (χ4v) is 3.44. The number of nitrogens with one attached hydrogen (secondary N) is 1. The molecule has 1 fully saturated rings. The molecule has 19 heavy (non-hydrogen) atoms. The number of carbonyl (C=O) groups excluding carboxylic acids is 1. The molecule has 4 nitrogen and oxygen atoms in total. The molecule has 3 unspecified atom stereocenters. The van der Waals surface area contributed by atoms with E-state index < -0.39 is 5.54 Å². The van der Waals surface area contributed by atoms with Crippen molar-refractivity contribution in [2.75, 3.05) is 26.0 Å². The summed E-state index contributed by atoms with van der Waals surface area (Å²) in [6, 6.07) is 0. The summed E-state index contributed by atoms with van der Waals surface area (Å²) in [5.41, 5.74) is -0.561. The molecule has 0 aromatic heterocycles. The predicted octanol–water partition coefficient (Wildman–Crippen LogP) is 2.22. The lowest BCUT2D eigenvalue weighted by Crippen LogP contribution is -2.48. The lowest BCUT2D eigenvalue weighted by molar-refractivity contribution is -0.150. The van der Waals surface area contributed by atoms with Crippen LogP contribution in [0.4, 0.5) is 0 Å². The van der Waals surface area contributed by atoms with Gasteiger partial charge in [0.25, 0.3) is 0 Å². The highest BCUT2D eigenvalue weighted by atomic mass is 32.2. The van der Waals surface area contributed by atoms with Gasteiger partial charge in [0.1, 0.15) is 5.54 Å². The number of thioether (sulfide) groups is 1. The zero-order valence-electron chi connectivity index (χ0n) is 12.5. The molecule has 0 bridgehead atoms. The van der Waals surface area contributed by atoms with Crippen molar-refractivity contribution in [2.45, 2.75) is 56.9 Å². The predicted molar refractivity (Wildman–Crippen MR) is 79.6 cm³/mol. The van der Waals surface area contributed by atoms with Crippen LogP contribution in [0.15, 0.2) is 0 Å². The molecule has 0 saturated carbocycles. The molecule has 1 rings (SSSR count). The van der Waals surface area contributed by atoms with Gasteiger partial charge in [0, 0.05) is 11.9 Å². The van der Waals surface area contributed by atoms with Crippen molar-refractivity contribution in [3.05, 3.63) is 0 Å². The van der Waals surface area contributed by atoms with E-state index in [1.165, 1.54) is 0 Å². The van der Waals surface area contributed by atoms with E-state index in [1.54, 1.807) is 0 Å². The Morgan fingerprint density at radius 2 is 2.32 bits per heavy atom. The Labute approximate surface area is 121 Å². The van der Waals surface area contributed by atoms with Crippen molar-refractivity contribution in [2.24, 2.45) is 0 Å². The number of ether oxygens (including phenoxy) is 2. The summed E-state index contributed by atoms with van der Waals surface area (Å²) in [6.45, 7) is 7.21. The van der Waals surface area contributed by atoms with E-state index in [2.05, 4.69) is 12.2 Å². The first-order valence-corrected chi connectivity index (χ1v) is 8.17. The maximum atomic E-state index is 11.9. The molecule has 0 aliphatic carbocycles. The van der Waals surface area contributed by atoms with Crippen LogP contribution in [-0.2, 0) is 14.3 Å². The van der Waals surface area contributed by atoms with Gasteiger partial charge in [0.15, 0.2) is 0 Å². The van der Waals surface area contributed by atoms with Crippen LogP contribution >= 0.6 is 11.8 Å². The second-order valence-corrected chi connectivity index (χ2v) is 6.53. The molecule has 5 heteroatoms. The molecule has 1 heterocycles. The van der Waals surface area contributed by atoms with Gasteiger partial charge in [-0.1, -0.05) is 0 Å². The van der Waals surface area contributed by atoms with Gasteiger partial charge in [-0.05, 0) is 52.8 Å². The third-order valence-corrected chi connectivity index (χ3v) is 5.31. The monoisotopic (exact) mass is 289 g/mol. The highest BCUT2D eigenvalue weighted by Crippen LogP contribution is 2.27. The van der Waals surface area contributed by atoms with Gasteiger partial charge in [-0.2, -0.15) is 11.8 Å². The minimum absolute atomic E-state index is 0.153. The van der Waals surface area contributed by atoms with E-state index in [9.17, 15) is 4.79 Å². The molecule has 0 aromatic rings. The highest BCUT2D eigenvalue weighted by molar-refractivity contribution is 7.99. The molecule has 1 aliphatic heterocycles. The molecule has 0 spiro atoms. The Kier molecular flexibility index (Phi) is 7.18. The van der Waals surface area contributed by atoms with Crippen molar-refractivity contribution in [3.8, 4) is 0 Å². The maximum Gasteiger partial charge on any atom is 0.326 e. The molecule has 1 saturated heterocycles. The zero-order chi connectivity index (χ0) is 14.3. The van der Waals surface area contributed by atoms with E-state index in [0.29, 0.717) is 18.0 Å². The molecule has 112 valence electrons. The number of rotatable bonds is 8. The summed E-state index contributed by atoms with van der Waals surface area (Å²) in [4.78, 5) is 11.9. The largest absolute Gasteiger partial charge is 0.465 e. The van der Waals surface area contributed by atoms with Crippen LogP contribution in [0.3, 0.4) is 0 Å². The normalized spacial score (nSPS) is 26.1. The van der Waals surface area contributed by atoms with Crippen LogP contribution in [0.5, 0.6) is 0 Å². The quantitative estimate of drug-likeness (QED) is 0.548. The summed E-state index contributed by atoms with van der Waals surface area (Å²) in [5.74, 6) is 0.912. The number of likely N-dealkylation sites (N-methyl/N-ethyl adjacent to an activating group) is 1. The van der Waals surface area contributed by atoms with E-state index in [-0.39, 0.29) is 5.97 Å². The summed E-state index contributed by atoms with van der Waals surface area (Å²) < 4.78 is 10.7. The van der Waals surface area contributed by atoms with Crippen LogP contribution in [0.2, 0.25) is 0 Å². The van der Waals surface area contributed by atoms with Gasteiger partial charge >= 0.3 is 5.97 Å². The van der Waals surface area contributed by atoms with Crippen molar-refractivity contribution in [1.82, 2.24) is 5.32 Å². The van der Waals surface area contributed by atoms with Crippen molar-refractivity contribution in [3.63, 3.8) is 0 Å². The van der Waals surface area contributed by atoms with E-state index in [4.69, 9.17) is 9.47 Å². The molecule has 0 amide bonds. The molecule has 0 radical (unpaired) electrons. The molecule has 3 atom stereocenters. The van der Waals surface area contributed by atoms with Gasteiger partial charge in [-0.25, -0.2) is 0 Å². The second kappa shape index (κ2) is 8.12. The lowest BCUT2D eigenvalue weighted by atomic mass is 9.97. The Hall–Kier alpha value is -0.260. The smallest absolute Gasteiger partial charge is 0.326 e. The van der Waals surface area contributed by atoms with Gasteiger partial charge in [0.05, 0.1) is 12.7 Å².